The van der Waals surface area contributed by atoms with Gasteiger partial charge in [-0.05, 0) is 53.5 Å². The van der Waals surface area contributed by atoms with Gasteiger partial charge in [-0.2, -0.15) is 0 Å². The third-order valence-corrected chi connectivity index (χ3v) is 7.25. The van der Waals surface area contributed by atoms with Crippen LogP contribution in [-0.4, -0.2) is 48.1 Å². The molecule has 0 amide bonds. The molecule has 0 radical (unpaired) electrons. The molecule has 1 aliphatic heterocycles. The minimum Gasteiger partial charge on any atom is -0.496 e. The van der Waals surface area contributed by atoms with Gasteiger partial charge in [-0.3, -0.25) is 9.88 Å². The molecule has 7 nitrogen and oxygen atoms in total. The first-order valence-corrected chi connectivity index (χ1v) is 13.0. The smallest absolute Gasteiger partial charge is 0.164 e. The first kappa shape index (κ1) is 25.4. The predicted molar refractivity (Wildman–Crippen MR) is 155 cm³/mol. The summed E-state index contributed by atoms with van der Waals surface area (Å²) in [5, 5.41) is 0. The lowest BCUT2D eigenvalue weighted by molar-refractivity contribution is 0.168. The molecule has 38 heavy (non-hydrogen) atoms. The number of para-hydroxylation sites is 1. The van der Waals surface area contributed by atoms with E-state index >= 15 is 0 Å². The summed E-state index contributed by atoms with van der Waals surface area (Å²) in [5.74, 6) is 1.39. The second kappa shape index (κ2) is 11.4. The van der Waals surface area contributed by atoms with Gasteiger partial charge in [0, 0.05) is 73.7 Å². The van der Waals surface area contributed by atoms with Crippen molar-refractivity contribution in [3.05, 3.63) is 101 Å². The van der Waals surface area contributed by atoms with Crippen LogP contribution in [0, 0.1) is 0 Å². The molecule has 0 saturated carbocycles. The van der Waals surface area contributed by atoms with Crippen molar-refractivity contribution in [3.63, 3.8) is 0 Å². The summed E-state index contributed by atoms with van der Waals surface area (Å²) >= 11 is 0. The molecule has 1 fully saturated rings. The van der Waals surface area contributed by atoms with E-state index in [2.05, 4.69) is 39.8 Å². The van der Waals surface area contributed by atoms with E-state index in [0.29, 0.717) is 11.4 Å². The number of benzene rings is 2. The van der Waals surface area contributed by atoms with Crippen LogP contribution in [-0.2, 0) is 17.8 Å². The average Bonchev–Trinajstić information content (AvgIpc) is 3.02. The summed E-state index contributed by atoms with van der Waals surface area (Å²) in [6, 6.07) is 14.0. The maximum atomic E-state index is 6.29. The Morgan fingerprint density at radius 3 is 2.74 bits per heavy atom. The van der Waals surface area contributed by atoms with Crippen LogP contribution in [0.5, 0.6) is 5.75 Å². The minimum absolute atomic E-state index is 0.653. The quantitative estimate of drug-likeness (QED) is 0.294. The molecule has 3 aromatic rings. The molecule has 0 unspecified atom stereocenters. The van der Waals surface area contributed by atoms with E-state index < -0.39 is 0 Å². The molecular weight excluding hydrogens is 474 g/mol. The zero-order valence-electron chi connectivity index (χ0n) is 22.1. The van der Waals surface area contributed by atoms with Gasteiger partial charge in [0.15, 0.2) is 5.76 Å². The van der Waals surface area contributed by atoms with Crippen LogP contribution in [0.25, 0.3) is 17.5 Å². The standard InChI is InChI=1S/C31H35N5O2/c1-4-23-13-14-33-20-25(23)21-35-15-17-36(18-16-35)22(2)27-12-11-26(19-30(27)37-3)34-38-29-10-6-8-24-7-5-9-28(29)31(24)32/h5-14,19-20,34H,2,4,15-18,21,32H2,1,3H3. The van der Waals surface area contributed by atoms with Crippen LogP contribution in [0.1, 0.15) is 34.7 Å². The number of hydrogen-bond donors (Lipinski definition) is 2. The number of methoxy groups -OCH3 is 1. The molecule has 5 rings (SSSR count). The summed E-state index contributed by atoms with van der Waals surface area (Å²) in [5.41, 5.74) is 17.3. The molecule has 1 aliphatic carbocycles. The Balaban J connectivity index is 1.21. The third kappa shape index (κ3) is 5.38. The Morgan fingerprint density at radius 1 is 1.11 bits per heavy atom. The second-order valence-corrected chi connectivity index (χ2v) is 9.53. The Labute approximate surface area is 224 Å². The van der Waals surface area contributed by atoms with Crippen LogP contribution >= 0.6 is 0 Å². The summed E-state index contributed by atoms with van der Waals surface area (Å²) in [7, 11) is 1.68. The molecule has 2 heterocycles. The van der Waals surface area contributed by atoms with Crippen molar-refractivity contribution in [1.29, 1.82) is 0 Å². The number of ether oxygens (including phenoxy) is 1. The fraction of sp³-hybridized carbons (Fsp3) is 0.258. The van der Waals surface area contributed by atoms with Gasteiger partial charge in [-0.1, -0.05) is 37.8 Å². The first-order valence-electron chi connectivity index (χ1n) is 13.0. The Hall–Kier alpha value is -4.23. The molecule has 0 atom stereocenters. The molecular formula is C31H35N5O2. The minimum atomic E-state index is 0.653. The maximum Gasteiger partial charge on any atom is 0.164 e. The molecule has 2 bridgehead atoms. The van der Waals surface area contributed by atoms with Crippen molar-refractivity contribution in [2.75, 3.05) is 44.5 Å². The normalized spacial score (nSPS) is 15.0. The highest BCUT2D eigenvalue weighted by atomic mass is 16.6. The van der Waals surface area contributed by atoms with Gasteiger partial charge >= 0.3 is 0 Å². The predicted octanol–water partition coefficient (Wildman–Crippen LogP) is 5.43. The van der Waals surface area contributed by atoms with Gasteiger partial charge < -0.3 is 20.2 Å². The van der Waals surface area contributed by atoms with E-state index in [0.717, 1.165) is 73.0 Å². The number of hydrogen-bond acceptors (Lipinski definition) is 7. The van der Waals surface area contributed by atoms with Gasteiger partial charge in [0.1, 0.15) is 5.75 Å². The zero-order valence-corrected chi connectivity index (χ0v) is 22.1. The van der Waals surface area contributed by atoms with Gasteiger partial charge in [-0.25, -0.2) is 5.48 Å². The van der Waals surface area contributed by atoms with Crippen molar-refractivity contribution in [1.82, 2.24) is 14.8 Å². The van der Waals surface area contributed by atoms with E-state index in [9.17, 15) is 0 Å². The maximum absolute atomic E-state index is 6.29. The number of aromatic nitrogens is 1. The van der Waals surface area contributed by atoms with Gasteiger partial charge in [0.05, 0.1) is 12.8 Å². The molecule has 1 aromatic heterocycles. The highest BCUT2D eigenvalue weighted by Gasteiger charge is 2.21. The monoisotopic (exact) mass is 509 g/mol. The number of nitrogens with one attached hydrogen (secondary N) is 1. The molecule has 7 heteroatoms. The summed E-state index contributed by atoms with van der Waals surface area (Å²) in [6.07, 6.45) is 10.7. The Kier molecular flexibility index (Phi) is 7.65. The van der Waals surface area contributed by atoms with Gasteiger partial charge in [0.2, 0.25) is 0 Å². The van der Waals surface area contributed by atoms with Crippen LogP contribution in [0.15, 0.2) is 73.6 Å². The number of allylic oxidation sites excluding steroid dienone is 2. The second-order valence-electron chi connectivity index (χ2n) is 9.53. The number of piperazine rings is 1. The lowest BCUT2D eigenvalue weighted by Gasteiger charge is -2.37. The van der Waals surface area contributed by atoms with Crippen molar-refractivity contribution < 1.29 is 9.57 Å². The van der Waals surface area contributed by atoms with Crippen LogP contribution in [0.4, 0.5) is 11.4 Å². The largest absolute Gasteiger partial charge is 0.496 e. The Bertz CT molecular complexity index is 1370. The van der Waals surface area contributed by atoms with Crippen LogP contribution in [0.2, 0.25) is 0 Å². The number of fused-ring (bicyclic) bond motifs is 2. The summed E-state index contributed by atoms with van der Waals surface area (Å²) < 4.78 is 5.74. The lowest BCUT2D eigenvalue weighted by atomic mass is 10.1. The fourth-order valence-electron chi connectivity index (χ4n) is 5.00. The van der Waals surface area contributed by atoms with E-state index in [-0.39, 0.29) is 0 Å². The summed E-state index contributed by atoms with van der Waals surface area (Å²) in [4.78, 5) is 15.1. The number of pyridine rings is 1. The molecule has 1 saturated heterocycles. The van der Waals surface area contributed by atoms with Crippen molar-refractivity contribution in [2.45, 2.75) is 19.9 Å². The van der Waals surface area contributed by atoms with E-state index in [4.69, 9.17) is 15.3 Å². The van der Waals surface area contributed by atoms with Crippen molar-refractivity contribution >= 4 is 28.9 Å². The van der Waals surface area contributed by atoms with Gasteiger partial charge in [0.25, 0.3) is 0 Å². The fourth-order valence-corrected chi connectivity index (χ4v) is 5.00. The number of aryl methyl sites for hydroxylation is 1. The third-order valence-electron chi connectivity index (χ3n) is 7.25. The van der Waals surface area contributed by atoms with Crippen LogP contribution < -0.4 is 16.0 Å². The molecule has 196 valence electrons. The number of nitrogen functional groups attached to an aromatic ring is 1. The average molecular weight is 510 g/mol. The van der Waals surface area contributed by atoms with Crippen LogP contribution in [0.3, 0.4) is 0 Å². The first-order chi connectivity index (χ1) is 18.6. The number of nitrogens with two attached hydrogens (primary N) is 1. The highest BCUT2D eigenvalue weighted by molar-refractivity contribution is 5.82. The lowest BCUT2D eigenvalue weighted by Crippen LogP contribution is -2.44. The number of rotatable bonds is 9. The molecule has 2 aromatic carbocycles. The number of nitrogens with zero attached hydrogens (tertiary/aromatic N) is 3. The van der Waals surface area contributed by atoms with Crippen molar-refractivity contribution in [3.8, 4) is 5.75 Å². The van der Waals surface area contributed by atoms with Crippen molar-refractivity contribution in [2.24, 2.45) is 0 Å². The van der Waals surface area contributed by atoms with Gasteiger partial charge in [-0.15, -0.1) is 0 Å². The molecule has 2 aliphatic rings. The topological polar surface area (TPSA) is 75.9 Å². The zero-order chi connectivity index (χ0) is 26.5. The van der Waals surface area contributed by atoms with E-state index in [1.807, 2.05) is 67.0 Å². The summed E-state index contributed by atoms with van der Waals surface area (Å²) in [6.45, 7) is 11.3. The molecule has 3 N–H and O–H groups in total. The Morgan fingerprint density at radius 2 is 1.95 bits per heavy atom. The highest BCUT2D eigenvalue weighted by Crippen LogP contribution is 2.33. The van der Waals surface area contributed by atoms with E-state index in [1.54, 1.807) is 7.11 Å². The molecule has 0 spiro atoms. The van der Waals surface area contributed by atoms with E-state index in [1.165, 1.54) is 11.1 Å². The SMILES string of the molecule is C=C(c1ccc(NOC2=CC=Cc3cccc2c3N)cc1OC)N1CCN(Cc2cnccc2CC)CC1. The number of anilines is 2.